The van der Waals surface area contributed by atoms with E-state index in [0.29, 0.717) is 12.1 Å². The maximum atomic E-state index is 9.28. The second kappa shape index (κ2) is 6.40. The molecule has 0 bridgehead atoms. The number of nitriles is 1. The molecule has 102 valence electrons. The smallest absolute Gasteiger partial charge is 0.101 e. The number of rotatable bonds is 3. The lowest BCUT2D eigenvalue weighted by Gasteiger charge is -2.37. The molecule has 4 heteroatoms. The van der Waals surface area contributed by atoms with Crippen LogP contribution in [0.1, 0.15) is 38.2 Å². The van der Waals surface area contributed by atoms with Gasteiger partial charge in [-0.1, -0.05) is 15.9 Å². The molecule has 3 nitrogen and oxygen atoms in total. The highest BCUT2D eigenvalue weighted by atomic mass is 79.9. The van der Waals surface area contributed by atoms with Gasteiger partial charge in [0.05, 0.1) is 11.3 Å². The van der Waals surface area contributed by atoms with Crippen molar-refractivity contribution in [2.75, 3.05) is 11.4 Å². The molecular weight excluding hydrogens is 302 g/mol. The van der Waals surface area contributed by atoms with E-state index in [1.54, 1.807) is 0 Å². The van der Waals surface area contributed by atoms with Crippen molar-refractivity contribution in [2.45, 2.75) is 44.7 Å². The Hall–Kier alpha value is -1.05. The van der Waals surface area contributed by atoms with Crippen LogP contribution < -0.4 is 10.6 Å². The highest BCUT2D eigenvalue weighted by molar-refractivity contribution is 9.10. The molecule has 0 aromatic heterocycles. The Bertz CT molecular complexity index is 473. The Morgan fingerprint density at radius 3 is 2.63 bits per heavy atom. The van der Waals surface area contributed by atoms with E-state index in [1.165, 1.54) is 0 Å². The van der Waals surface area contributed by atoms with Crippen LogP contribution in [0.4, 0.5) is 5.69 Å². The fourth-order valence-electron chi connectivity index (χ4n) is 2.88. The molecule has 2 N–H and O–H groups in total. The number of benzene rings is 1. The number of nitrogens with zero attached hydrogens (tertiary/aromatic N) is 2. The highest BCUT2D eigenvalue weighted by Gasteiger charge is 2.25. The summed E-state index contributed by atoms with van der Waals surface area (Å²) in [7, 11) is 0. The molecule has 1 aliphatic rings. The summed E-state index contributed by atoms with van der Waals surface area (Å²) in [6.07, 6.45) is 4.40. The molecular formula is C15H20BrN3. The van der Waals surface area contributed by atoms with E-state index in [9.17, 15) is 5.26 Å². The highest BCUT2D eigenvalue weighted by Crippen LogP contribution is 2.31. The van der Waals surface area contributed by atoms with E-state index < -0.39 is 0 Å². The van der Waals surface area contributed by atoms with Gasteiger partial charge in [-0.25, -0.2) is 0 Å². The van der Waals surface area contributed by atoms with Crippen molar-refractivity contribution >= 4 is 21.6 Å². The molecule has 1 aromatic rings. The predicted octanol–water partition coefficient (Wildman–Crippen LogP) is 3.42. The summed E-state index contributed by atoms with van der Waals surface area (Å²) in [5.41, 5.74) is 7.77. The Morgan fingerprint density at radius 2 is 2.05 bits per heavy atom. The second-order valence-electron chi connectivity index (χ2n) is 5.13. The normalized spacial score (nSPS) is 22.8. The maximum Gasteiger partial charge on any atom is 0.101 e. The zero-order chi connectivity index (χ0) is 13.8. The average molecular weight is 322 g/mol. The first-order chi connectivity index (χ1) is 9.15. The molecule has 0 saturated heterocycles. The summed E-state index contributed by atoms with van der Waals surface area (Å²) in [4.78, 5) is 2.36. The zero-order valence-electron chi connectivity index (χ0n) is 11.3. The summed E-state index contributed by atoms with van der Waals surface area (Å²) < 4.78 is 1.02. The predicted molar refractivity (Wildman–Crippen MR) is 82.1 cm³/mol. The minimum Gasteiger partial charge on any atom is -0.368 e. The van der Waals surface area contributed by atoms with Crippen molar-refractivity contribution in [3.63, 3.8) is 0 Å². The molecule has 0 aliphatic heterocycles. The molecule has 0 unspecified atom stereocenters. The SMILES string of the molecule is CCN(c1cc(Br)ccc1C#N)C1CCC(N)CC1. The number of hydrogen-bond acceptors (Lipinski definition) is 3. The molecule has 1 aromatic carbocycles. The molecule has 1 aliphatic carbocycles. The summed E-state index contributed by atoms with van der Waals surface area (Å²) in [5, 5.41) is 9.28. The standard InChI is InChI=1S/C15H20BrN3/c1-2-19(14-7-5-13(18)6-8-14)15-9-12(16)4-3-11(15)10-17/h3-4,9,13-14H,2,5-8,18H2,1H3. The molecule has 1 saturated carbocycles. The summed E-state index contributed by atoms with van der Waals surface area (Å²) >= 11 is 3.50. The fourth-order valence-corrected chi connectivity index (χ4v) is 3.22. The van der Waals surface area contributed by atoms with Gasteiger partial charge in [-0.2, -0.15) is 5.26 Å². The Balaban J connectivity index is 2.27. The first kappa shape index (κ1) is 14.4. The van der Waals surface area contributed by atoms with Crippen molar-refractivity contribution in [1.82, 2.24) is 0 Å². The van der Waals surface area contributed by atoms with Crippen molar-refractivity contribution in [3.05, 3.63) is 28.2 Å². The molecule has 19 heavy (non-hydrogen) atoms. The van der Waals surface area contributed by atoms with Crippen molar-refractivity contribution < 1.29 is 0 Å². The third-order valence-electron chi connectivity index (χ3n) is 3.91. The monoisotopic (exact) mass is 321 g/mol. The molecule has 0 atom stereocenters. The van der Waals surface area contributed by atoms with Crippen LogP contribution >= 0.6 is 15.9 Å². The van der Waals surface area contributed by atoms with E-state index in [0.717, 1.165) is 48.0 Å². The lowest BCUT2D eigenvalue weighted by molar-refractivity contribution is 0.378. The molecule has 0 heterocycles. The van der Waals surface area contributed by atoms with Gasteiger partial charge < -0.3 is 10.6 Å². The molecule has 0 radical (unpaired) electrons. The van der Waals surface area contributed by atoms with E-state index >= 15 is 0 Å². The first-order valence-corrected chi connectivity index (χ1v) is 7.67. The van der Waals surface area contributed by atoms with Gasteiger partial charge in [-0.3, -0.25) is 0 Å². The Morgan fingerprint density at radius 1 is 1.37 bits per heavy atom. The van der Waals surface area contributed by atoms with Crippen LogP contribution in [0.25, 0.3) is 0 Å². The van der Waals surface area contributed by atoms with Gasteiger partial charge in [0, 0.05) is 23.1 Å². The van der Waals surface area contributed by atoms with Gasteiger partial charge in [0.25, 0.3) is 0 Å². The van der Waals surface area contributed by atoms with Gasteiger partial charge in [0.1, 0.15) is 6.07 Å². The largest absolute Gasteiger partial charge is 0.368 e. The van der Waals surface area contributed by atoms with Gasteiger partial charge in [-0.05, 0) is 50.8 Å². The number of hydrogen-bond donors (Lipinski definition) is 1. The topological polar surface area (TPSA) is 53.0 Å². The van der Waals surface area contributed by atoms with Crippen molar-refractivity contribution in [3.8, 4) is 6.07 Å². The quantitative estimate of drug-likeness (QED) is 0.928. The van der Waals surface area contributed by atoms with Crippen LogP contribution in [0.3, 0.4) is 0 Å². The van der Waals surface area contributed by atoms with Crippen molar-refractivity contribution in [2.24, 2.45) is 5.73 Å². The van der Waals surface area contributed by atoms with Gasteiger partial charge >= 0.3 is 0 Å². The van der Waals surface area contributed by atoms with Crippen LogP contribution in [0.2, 0.25) is 0 Å². The summed E-state index contributed by atoms with van der Waals surface area (Å²) in [6, 6.07) is 9.02. The third-order valence-corrected chi connectivity index (χ3v) is 4.41. The van der Waals surface area contributed by atoms with Crippen molar-refractivity contribution in [1.29, 1.82) is 5.26 Å². The van der Waals surface area contributed by atoms with Crippen LogP contribution in [0, 0.1) is 11.3 Å². The van der Waals surface area contributed by atoms with Crippen LogP contribution in [-0.2, 0) is 0 Å². The van der Waals surface area contributed by atoms with E-state index in [-0.39, 0.29) is 0 Å². The van der Waals surface area contributed by atoms with Gasteiger partial charge in [0.2, 0.25) is 0 Å². The number of anilines is 1. The number of halogens is 1. The molecule has 2 rings (SSSR count). The average Bonchev–Trinajstić information content (AvgIpc) is 2.42. The molecule has 0 amide bonds. The van der Waals surface area contributed by atoms with E-state index in [4.69, 9.17) is 5.73 Å². The third kappa shape index (κ3) is 3.29. The Kier molecular flexibility index (Phi) is 4.84. The molecule has 0 spiro atoms. The van der Waals surface area contributed by atoms with Gasteiger partial charge in [-0.15, -0.1) is 0 Å². The lowest BCUT2D eigenvalue weighted by Crippen LogP contribution is -2.41. The van der Waals surface area contributed by atoms with Crippen LogP contribution in [0.5, 0.6) is 0 Å². The Labute approximate surface area is 123 Å². The summed E-state index contributed by atoms with van der Waals surface area (Å²) in [6.45, 7) is 3.07. The van der Waals surface area contributed by atoms with E-state index in [2.05, 4.69) is 39.9 Å². The second-order valence-corrected chi connectivity index (χ2v) is 6.04. The zero-order valence-corrected chi connectivity index (χ0v) is 12.9. The minimum atomic E-state index is 0.355. The fraction of sp³-hybridized carbons (Fsp3) is 0.533. The van der Waals surface area contributed by atoms with E-state index in [1.807, 2.05) is 12.1 Å². The first-order valence-electron chi connectivity index (χ1n) is 6.87. The van der Waals surface area contributed by atoms with Crippen LogP contribution in [0.15, 0.2) is 22.7 Å². The van der Waals surface area contributed by atoms with Gasteiger partial charge in [0.15, 0.2) is 0 Å². The summed E-state index contributed by atoms with van der Waals surface area (Å²) in [5.74, 6) is 0. The number of nitrogens with two attached hydrogens (primary N) is 1. The lowest BCUT2D eigenvalue weighted by atomic mass is 9.90. The van der Waals surface area contributed by atoms with Crippen LogP contribution in [-0.4, -0.2) is 18.6 Å². The molecule has 1 fully saturated rings. The maximum absolute atomic E-state index is 9.28. The minimum absolute atomic E-state index is 0.355.